The summed E-state index contributed by atoms with van der Waals surface area (Å²) in [4.78, 5) is 39.9. The summed E-state index contributed by atoms with van der Waals surface area (Å²) in [6, 6.07) is 9.36. The Kier molecular flexibility index (Phi) is 4.64. The standard InChI is InChI=1S/C19H24N2O5/c1-18(2,3)26-16(23)20-12-19(13-20)15(22)9-10-21(19)17(24)25-11-14-7-5-4-6-8-14/h4-8H,9-13H2,1-3H3. The number of Topliss-reactive ketones (excluding diaryl/α,β-unsaturated/α-hetero) is 1. The second kappa shape index (κ2) is 6.63. The minimum atomic E-state index is -0.968. The lowest BCUT2D eigenvalue weighted by molar-refractivity contribution is -0.133. The van der Waals surface area contributed by atoms with Crippen LogP contribution < -0.4 is 0 Å². The summed E-state index contributed by atoms with van der Waals surface area (Å²) < 4.78 is 10.7. The van der Waals surface area contributed by atoms with Crippen LogP contribution in [0.2, 0.25) is 0 Å². The molecule has 2 saturated heterocycles. The Morgan fingerprint density at radius 2 is 1.77 bits per heavy atom. The lowest BCUT2D eigenvalue weighted by atomic mass is 9.86. The first kappa shape index (κ1) is 18.2. The van der Waals surface area contributed by atoms with Gasteiger partial charge < -0.3 is 14.4 Å². The molecular weight excluding hydrogens is 336 g/mol. The van der Waals surface area contributed by atoms with Crippen molar-refractivity contribution < 1.29 is 23.9 Å². The molecule has 0 saturated carbocycles. The molecule has 0 unspecified atom stereocenters. The fraction of sp³-hybridized carbons (Fsp3) is 0.526. The summed E-state index contributed by atoms with van der Waals surface area (Å²) in [5.74, 6) is -0.0334. The number of ether oxygens (including phenoxy) is 2. The highest BCUT2D eigenvalue weighted by molar-refractivity contribution is 5.97. The quantitative estimate of drug-likeness (QED) is 0.810. The Bertz CT molecular complexity index is 704. The Labute approximate surface area is 152 Å². The number of likely N-dealkylation sites (tertiary alicyclic amines) is 2. The molecule has 2 aliphatic heterocycles. The predicted molar refractivity (Wildman–Crippen MR) is 93.5 cm³/mol. The van der Waals surface area contributed by atoms with Crippen LogP contribution in [0.1, 0.15) is 32.8 Å². The van der Waals surface area contributed by atoms with Crippen LogP contribution in [0.3, 0.4) is 0 Å². The van der Waals surface area contributed by atoms with Crippen LogP contribution in [0.4, 0.5) is 9.59 Å². The largest absolute Gasteiger partial charge is 0.445 e. The second-order valence-electron chi connectivity index (χ2n) is 7.73. The molecule has 0 radical (unpaired) electrons. The minimum Gasteiger partial charge on any atom is -0.445 e. The average molecular weight is 360 g/mol. The molecule has 0 aliphatic carbocycles. The molecular formula is C19H24N2O5. The van der Waals surface area contributed by atoms with Crippen LogP contribution in [0.25, 0.3) is 0 Å². The zero-order chi connectivity index (χ0) is 18.9. The van der Waals surface area contributed by atoms with Crippen LogP contribution in [0.15, 0.2) is 30.3 Å². The molecule has 3 rings (SSSR count). The van der Waals surface area contributed by atoms with E-state index in [0.29, 0.717) is 6.54 Å². The van der Waals surface area contributed by atoms with Gasteiger partial charge in [0, 0.05) is 13.0 Å². The van der Waals surface area contributed by atoms with Gasteiger partial charge in [0.15, 0.2) is 5.78 Å². The number of benzene rings is 1. The molecule has 0 atom stereocenters. The topological polar surface area (TPSA) is 76.2 Å². The van der Waals surface area contributed by atoms with Crippen molar-refractivity contribution in [1.82, 2.24) is 9.80 Å². The van der Waals surface area contributed by atoms with Crippen LogP contribution in [0.5, 0.6) is 0 Å². The molecule has 0 aromatic heterocycles. The van der Waals surface area contributed by atoms with Crippen LogP contribution in [-0.4, -0.2) is 58.5 Å². The van der Waals surface area contributed by atoms with Crippen molar-refractivity contribution in [3.05, 3.63) is 35.9 Å². The van der Waals surface area contributed by atoms with Crippen molar-refractivity contribution in [3.8, 4) is 0 Å². The maximum atomic E-state index is 12.5. The number of amides is 2. The van der Waals surface area contributed by atoms with Crippen molar-refractivity contribution in [2.45, 2.75) is 44.9 Å². The highest BCUT2D eigenvalue weighted by Gasteiger charge is 2.60. The number of hydrogen-bond acceptors (Lipinski definition) is 5. The van der Waals surface area contributed by atoms with Gasteiger partial charge in [0.2, 0.25) is 0 Å². The van der Waals surface area contributed by atoms with Crippen molar-refractivity contribution in [3.63, 3.8) is 0 Å². The van der Waals surface area contributed by atoms with Crippen LogP contribution in [-0.2, 0) is 20.9 Å². The molecule has 2 heterocycles. The molecule has 7 nitrogen and oxygen atoms in total. The Balaban J connectivity index is 1.61. The van der Waals surface area contributed by atoms with E-state index in [9.17, 15) is 14.4 Å². The monoisotopic (exact) mass is 360 g/mol. The lowest BCUT2D eigenvalue weighted by Gasteiger charge is -2.50. The van der Waals surface area contributed by atoms with Gasteiger partial charge in [-0.2, -0.15) is 0 Å². The van der Waals surface area contributed by atoms with Gasteiger partial charge in [-0.1, -0.05) is 30.3 Å². The summed E-state index contributed by atoms with van der Waals surface area (Å²) in [7, 11) is 0. The fourth-order valence-electron chi connectivity index (χ4n) is 3.26. The summed E-state index contributed by atoms with van der Waals surface area (Å²) in [6.07, 6.45) is -0.716. The number of carbonyl (C=O) groups excluding carboxylic acids is 3. The van der Waals surface area contributed by atoms with Gasteiger partial charge in [0.1, 0.15) is 17.7 Å². The number of rotatable bonds is 2. The molecule has 1 aromatic carbocycles. The van der Waals surface area contributed by atoms with Gasteiger partial charge >= 0.3 is 12.2 Å². The van der Waals surface area contributed by atoms with E-state index in [2.05, 4.69) is 0 Å². The first-order valence-corrected chi connectivity index (χ1v) is 8.71. The fourth-order valence-corrected chi connectivity index (χ4v) is 3.26. The van der Waals surface area contributed by atoms with Gasteiger partial charge in [-0.05, 0) is 26.3 Å². The minimum absolute atomic E-state index is 0.0334. The van der Waals surface area contributed by atoms with E-state index in [4.69, 9.17) is 9.47 Å². The zero-order valence-corrected chi connectivity index (χ0v) is 15.4. The van der Waals surface area contributed by atoms with E-state index in [1.165, 1.54) is 9.80 Å². The number of carbonyl (C=O) groups is 3. The highest BCUT2D eigenvalue weighted by atomic mass is 16.6. The van der Waals surface area contributed by atoms with Gasteiger partial charge in [-0.25, -0.2) is 9.59 Å². The van der Waals surface area contributed by atoms with E-state index in [-0.39, 0.29) is 31.9 Å². The SMILES string of the molecule is CC(C)(C)OC(=O)N1CC2(C1)C(=O)CCN2C(=O)OCc1ccccc1. The molecule has 1 spiro atoms. The van der Waals surface area contributed by atoms with Gasteiger partial charge in [0.05, 0.1) is 13.1 Å². The average Bonchev–Trinajstić information content (AvgIpc) is 2.88. The first-order chi connectivity index (χ1) is 12.2. The highest BCUT2D eigenvalue weighted by Crippen LogP contribution is 2.36. The molecule has 0 bridgehead atoms. The Morgan fingerprint density at radius 1 is 1.12 bits per heavy atom. The molecule has 140 valence electrons. The number of nitrogens with zero attached hydrogens (tertiary/aromatic N) is 2. The molecule has 26 heavy (non-hydrogen) atoms. The van der Waals surface area contributed by atoms with Crippen molar-refractivity contribution in [2.75, 3.05) is 19.6 Å². The van der Waals surface area contributed by atoms with E-state index in [1.807, 2.05) is 30.3 Å². The normalized spacial score (nSPS) is 18.7. The Hall–Kier alpha value is -2.57. The van der Waals surface area contributed by atoms with Crippen molar-refractivity contribution in [1.29, 1.82) is 0 Å². The summed E-state index contributed by atoms with van der Waals surface area (Å²) >= 11 is 0. The maximum Gasteiger partial charge on any atom is 0.411 e. The molecule has 2 aliphatic rings. The summed E-state index contributed by atoms with van der Waals surface area (Å²) in [5, 5.41) is 0. The van der Waals surface area contributed by atoms with E-state index >= 15 is 0 Å². The van der Waals surface area contributed by atoms with Crippen molar-refractivity contribution in [2.24, 2.45) is 0 Å². The third kappa shape index (κ3) is 3.52. The molecule has 7 heteroatoms. The summed E-state index contributed by atoms with van der Waals surface area (Å²) in [5.41, 5.74) is -0.692. The van der Waals surface area contributed by atoms with E-state index in [1.54, 1.807) is 20.8 Å². The third-order valence-electron chi connectivity index (χ3n) is 4.58. The maximum absolute atomic E-state index is 12.5. The number of hydrogen-bond donors (Lipinski definition) is 0. The van der Waals surface area contributed by atoms with Gasteiger partial charge in [0.25, 0.3) is 0 Å². The van der Waals surface area contributed by atoms with E-state index < -0.39 is 23.3 Å². The smallest absolute Gasteiger partial charge is 0.411 e. The second-order valence-corrected chi connectivity index (χ2v) is 7.73. The van der Waals surface area contributed by atoms with Gasteiger partial charge in [-0.15, -0.1) is 0 Å². The summed E-state index contributed by atoms with van der Waals surface area (Å²) in [6.45, 7) is 6.13. The van der Waals surface area contributed by atoms with E-state index in [0.717, 1.165) is 5.56 Å². The molecule has 2 amide bonds. The predicted octanol–water partition coefficient (Wildman–Crippen LogP) is 2.59. The first-order valence-electron chi connectivity index (χ1n) is 8.71. The number of ketones is 1. The third-order valence-corrected chi connectivity index (χ3v) is 4.58. The van der Waals surface area contributed by atoms with Crippen molar-refractivity contribution >= 4 is 18.0 Å². The molecule has 2 fully saturated rings. The van der Waals surface area contributed by atoms with Crippen LogP contribution in [0, 0.1) is 0 Å². The van der Waals surface area contributed by atoms with Crippen LogP contribution >= 0.6 is 0 Å². The lowest BCUT2D eigenvalue weighted by Crippen LogP contribution is -2.73. The molecule has 0 N–H and O–H groups in total. The Morgan fingerprint density at radius 3 is 2.38 bits per heavy atom. The molecule has 1 aromatic rings. The van der Waals surface area contributed by atoms with Gasteiger partial charge in [-0.3, -0.25) is 9.69 Å². The zero-order valence-electron chi connectivity index (χ0n) is 15.4.